The molecule has 1 aromatic rings. The number of aromatic nitrogens is 2. The molecular weight excluding hydrogens is 280 g/mol. The molecule has 2 fully saturated rings. The van der Waals surface area contributed by atoms with Crippen LogP contribution in [0.4, 0.5) is 0 Å². The molecule has 1 aromatic heterocycles. The first-order valence-corrected chi connectivity index (χ1v) is 7.20. The molecule has 0 amide bonds. The number of halogens is 1. The molecule has 3 rings (SSSR count). The average molecular weight is 297 g/mol. The molecule has 1 N–H and O–H groups in total. The zero-order chi connectivity index (χ0) is 12.0. The zero-order valence-corrected chi connectivity index (χ0v) is 11.6. The van der Waals surface area contributed by atoms with Crippen molar-refractivity contribution in [2.45, 2.75) is 56.8 Å². The Bertz CT molecular complexity index is 499. The van der Waals surface area contributed by atoms with Crippen LogP contribution in [0.25, 0.3) is 0 Å². The fraction of sp³-hybridized carbons (Fsp3) is 0.692. The summed E-state index contributed by atoms with van der Waals surface area (Å²) in [6.45, 7) is 2.18. The van der Waals surface area contributed by atoms with E-state index in [1.807, 2.05) is 0 Å². The lowest BCUT2D eigenvalue weighted by Gasteiger charge is -2.14. The molecule has 1 heterocycles. The van der Waals surface area contributed by atoms with Gasteiger partial charge < -0.3 is 4.98 Å². The molecule has 0 unspecified atom stereocenters. The van der Waals surface area contributed by atoms with Crippen molar-refractivity contribution < 1.29 is 0 Å². The lowest BCUT2D eigenvalue weighted by Crippen LogP contribution is -2.21. The second-order valence-corrected chi connectivity index (χ2v) is 6.45. The first-order chi connectivity index (χ1) is 8.10. The Labute approximate surface area is 109 Å². The van der Waals surface area contributed by atoms with Crippen LogP contribution in [-0.4, -0.2) is 9.97 Å². The van der Waals surface area contributed by atoms with Gasteiger partial charge >= 0.3 is 0 Å². The maximum Gasteiger partial charge on any atom is 0.265 e. The number of nitrogens with one attached hydrogen (secondary N) is 1. The maximum absolute atomic E-state index is 11.9. The van der Waals surface area contributed by atoms with Gasteiger partial charge in [-0.2, -0.15) is 0 Å². The first-order valence-electron chi connectivity index (χ1n) is 6.40. The lowest BCUT2D eigenvalue weighted by atomic mass is 10.0. The number of hydrogen-bond donors (Lipinski definition) is 1. The van der Waals surface area contributed by atoms with Crippen molar-refractivity contribution in [3.8, 4) is 0 Å². The van der Waals surface area contributed by atoms with E-state index in [1.165, 1.54) is 25.7 Å². The third-order valence-electron chi connectivity index (χ3n) is 4.20. The maximum atomic E-state index is 11.9. The van der Waals surface area contributed by atoms with E-state index in [9.17, 15) is 4.79 Å². The molecular formula is C13H17BrN2O. The summed E-state index contributed by atoms with van der Waals surface area (Å²) in [5, 5.41) is 0. The molecule has 92 valence electrons. The first kappa shape index (κ1) is 11.5. The Kier molecular flexibility index (Phi) is 2.65. The van der Waals surface area contributed by atoms with Gasteiger partial charge in [0, 0.05) is 11.3 Å². The Morgan fingerprint density at radius 1 is 1.35 bits per heavy atom. The van der Waals surface area contributed by atoms with Crippen molar-refractivity contribution in [1.29, 1.82) is 0 Å². The highest BCUT2D eigenvalue weighted by atomic mass is 79.9. The van der Waals surface area contributed by atoms with E-state index in [2.05, 4.69) is 27.8 Å². The Hall–Kier alpha value is -0.640. The number of rotatable bonds is 2. The van der Waals surface area contributed by atoms with Crippen LogP contribution in [0.1, 0.15) is 62.9 Å². The largest absolute Gasteiger partial charge is 0.309 e. The minimum Gasteiger partial charge on any atom is -0.309 e. The Balaban J connectivity index is 2.06. The highest BCUT2D eigenvalue weighted by molar-refractivity contribution is 9.10. The summed E-state index contributed by atoms with van der Waals surface area (Å²) >= 11 is 3.41. The van der Waals surface area contributed by atoms with E-state index in [0.717, 1.165) is 24.4 Å². The van der Waals surface area contributed by atoms with Gasteiger partial charge in [-0.15, -0.1) is 0 Å². The molecule has 0 bridgehead atoms. The van der Waals surface area contributed by atoms with Crippen molar-refractivity contribution in [1.82, 2.24) is 9.97 Å². The van der Waals surface area contributed by atoms with Crippen molar-refractivity contribution in [3.05, 3.63) is 26.3 Å². The highest BCUT2D eigenvalue weighted by Crippen LogP contribution is 2.46. The van der Waals surface area contributed by atoms with Crippen LogP contribution >= 0.6 is 15.9 Å². The number of H-pyrrole nitrogens is 1. The number of nitrogens with zero attached hydrogens (tertiary/aromatic N) is 1. The third kappa shape index (κ3) is 1.96. The Morgan fingerprint density at radius 3 is 2.59 bits per heavy atom. The minimum absolute atomic E-state index is 0.00924. The SMILES string of the molecule is CC1(c2nc(C3CCCC3)c(Br)c(=O)[nH]2)CC1. The van der Waals surface area contributed by atoms with E-state index in [1.54, 1.807) is 0 Å². The molecule has 0 radical (unpaired) electrons. The number of aromatic amines is 1. The van der Waals surface area contributed by atoms with Crippen LogP contribution in [0.15, 0.2) is 9.27 Å². The van der Waals surface area contributed by atoms with Gasteiger partial charge in [-0.25, -0.2) is 4.98 Å². The van der Waals surface area contributed by atoms with Gasteiger partial charge in [-0.3, -0.25) is 4.79 Å². The third-order valence-corrected chi connectivity index (χ3v) is 4.97. The van der Waals surface area contributed by atoms with Crippen molar-refractivity contribution in [2.24, 2.45) is 0 Å². The van der Waals surface area contributed by atoms with Crippen LogP contribution in [0.3, 0.4) is 0 Å². The molecule has 3 nitrogen and oxygen atoms in total. The molecule has 2 saturated carbocycles. The van der Waals surface area contributed by atoms with E-state index < -0.39 is 0 Å². The average Bonchev–Trinajstić information content (AvgIpc) is 2.85. The van der Waals surface area contributed by atoms with Crippen LogP contribution in [0.5, 0.6) is 0 Å². The summed E-state index contributed by atoms with van der Waals surface area (Å²) in [5.41, 5.74) is 1.12. The topological polar surface area (TPSA) is 45.8 Å². The molecule has 0 saturated heterocycles. The molecule has 0 spiro atoms. The van der Waals surface area contributed by atoms with Crippen molar-refractivity contribution >= 4 is 15.9 Å². The van der Waals surface area contributed by atoms with Crippen LogP contribution in [0.2, 0.25) is 0 Å². The quantitative estimate of drug-likeness (QED) is 0.911. The van der Waals surface area contributed by atoms with Crippen LogP contribution < -0.4 is 5.56 Å². The van der Waals surface area contributed by atoms with Crippen LogP contribution in [0, 0.1) is 0 Å². The summed E-state index contributed by atoms with van der Waals surface area (Å²) < 4.78 is 0.650. The fourth-order valence-corrected chi connectivity index (χ4v) is 3.17. The molecule has 4 heteroatoms. The smallest absolute Gasteiger partial charge is 0.265 e. The van der Waals surface area contributed by atoms with Crippen molar-refractivity contribution in [3.63, 3.8) is 0 Å². The van der Waals surface area contributed by atoms with Gasteiger partial charge in [-0.05, 0) is 41.6 Å². The van der Waals surface area contributed by atoms with Crippen molar-refractivity contribution in [2.75, 3.05) is 0 Å². The second kappa shape index (κ2) is 3.94. The second-order valence-electron chi connectivity index (χ2n) is 5.66. The predicted molar refractivity (Wildman–Crippen MR) is 70.4 cm³/mol. The van der Waals surface area contributed by atoms with Crippen LogP contribution in [-0.2, 0) is 5.41 Å². The molecule has 2 aliphatic carbocycles. The van der Waals surface area contributed by atoms with E-state index in [0.29, 0.717) is 10.4 Å². The standard InChI is InChI=1S/C13H17BrN2O/c1-13(6-7-13)12-15-10(8-4-2-3-5-8)9(14)11(17)16-12/h8H,2-7H2,1H3,(H,15,16,17). The monoisotopic (exact) mass is 296 g/mol. The van der Waals surface area contributed by atoms with Gasteiger partial charge in [0.25, 0.3) is 5.56 Å². The van der Waals surface area contributed by atoms with E-state index in [-0.39, 0.29) is 11.0 Å². The number of hydrogen-bond acceptors (Lipinski definition) is 2. The summed E-state index contributed by atoms with van der Waals surface area (Å²) in [6, 6.07) is 0. The molecule has 0 aromatic carbocycles. The summed E-state index contributed by atoms with van der Waals surface area (Å²) in [5.74, 6) is 1.38. The van der Waals surface area contributed by atoms with Gasteiger partial charge in [0.2, 0.25) is 0 Å². The van der Waals surface area contributed by atoms with Gasteiger partial charge in [0.05, 0.1) is 5.69 Å². The summed E-state index contributed by atoms with van der Waals surface area (Å²) in [4.78, 5) is 19.6. The minimum atomic E-state index is -0.00924. The molecule has 0 atom stereocenters. The van der Waals surface area contributed by atoms with E-state index >= 15 is 0 Å². The Morgan fingerprint density at radius 2 is 2.00 bits per heavy atom. The van der Waals surface area contributed by atoms with Gasteiger partial charge in [-0.1, -0.05) is 19.8 Å². The zero-order valence-electron chi connectivity index (χ0n) is 10.1. The highest BCUT2D eigenvalue weighted by Gasteiger charge is 2.42. The summed E-state index contributed by atoms with van der Waals surface area (Å²) in [7, 11) is 0. The summed E-state index contributed by atoms with van der Waals surface area (Å²) in [6.07, 6.45) is 7.15. The van der Waals surface area contributed by atoms with Gasteiger partial charge in [0.15, 0.2) is 0 Å². The molecule has 0 aliphatic heterocycles. The predicted octanol–water partition coefficient (Wildman–Crippen LogP) is 3.24. The fourth-order valence-electron chi connectivity index (χ4n) is 2.66. The van der Waals surface area contributed by atoms with E-state index in [4.69, 9.17) is 4.98 Å². The lowest BCUT2D eigenvalue weighted by molar-refractivity contribution is 0.640. The normalized spacial score (nSPS) is 22.9. The molecule has 2 aliphatic rings. The van der Waals surface area contributed by atoms with Gasteiger partial charge in [0.1, 0.15) is 10.3 Å². The molecule has 17 heavy (non-hydrogen) atoms.